The Labute approximate surface area is 116 Å². The van der Waals surface area contributed by atoms with Crippen molar-refractivity contribution in [3.05, 3.63) is 34.6 Å². The zero-order chi connectivity index (χ0) is 13.4. The zero-order valence-electron chi connectivity index (χ0n) is 10.5. The molecular weight excluding hydrogens is 267 g/mol. The third kappa shape index (κ3) is 2.47. The second kappa shape index (κ2) is 5.10. The van der Waals surface area contributed by atoms with Crippen LogP contribution in [-0.4, -0.2) is 36.0 Å². The molecule has 0 radical (unpaired) electrons. The van der Waals surface area contributed by atoms with Crippen LogP contribution in [0.15, 0.2) is 18.2 Å². The molecule has 2 atom stereocenters. The molecule has 0 saturated carbocycles. The van der Waals surface area contributed by atoms with Crippen molar-refractivity contribution in [3.63, 3.8) is 0 Å². The number of fused-ring (bicyclic) bond motifs is 2. The number of carbonyl (C=O) groups excluding carboxylic acids is 1. The van der Waals surface area contributed by atoms with Gasteiger partial charge in [0.25, 0.3) is 5.91 Å². The van der Waals surface area contributed by atoms with E-state index < -0.39 is 5.82 Å². The van der Waals surface area contributed by atoms with Gasteiger partial charge >= 0.3 is 0 Å². The van der Waals surface area contributed by atoms with Crippen LogP contribution >= 0.6 is 11.6 Å². The standard InChI is InChI=1S/C14H16ClFN2O/c15-11-2-1-3-12(16)13(11)14(19)18-7-6-9-4-5-10(8-18)17-9/h1-3,9-10,17H,4-8H2. The van der Waals surface area contributed by atoms with Crippen LogP contribution in [-0.2, 0) is 0 Å². The Bertz CT molecular complexity index is 488. The third-order valence-corrected chi connectivity index (χ3v) is 4.30. The van der Waals surface area contributed by atoms with Gasteiger partial charge in [-0.1, -0.05) is 17.7 Å². The van der Waals surface area contributed by atoms with Gasteiger partial charge in [-0.05, 0) is 31.4 Å². The predicted molar refractivity (Wildman–Crippen MR) is 71.9 cm³/mol. The molecule has 1 N–H and O–H groups in total. The molecule has 3 rings (SSSR count). The average molecular weight is 283 g/mol. The van der Waals surface area contributed by atoms with E-state index in [-0.39, 0.29) is 16.5 Å². The fourth-order valence-corrected chi connectivity index (χ4v) is 3.23. The normalized spacial score (nSPS) is 26.3. The summed E-state index contributed by atoms with van der Waals surface area (Å²) in [6.07, 6.45) is 3.18. The summed E-state index contributed by atoms with van der Waals surface area (Å²) in [7, 11) is 0. The Morgan fingerprint density at radius 3 is 2.89 bits per heavy atom. The highest BCUT2D eigenvalue weighted by Gasteiger charge is 2.32. The average Bonchev–Trinajstić information content (AvgIpc) is 2.68. The Morgan fingerprint density at radius 2 is 2.11 bits per heavy atom. The quantitative estimate of drug-likeness (QED) is 0.858. The molecule has 1 amide bonds. The van der Waals surface area contributed by atoms with Gasteiger partial charge in [0.05, 0.1) is 10.6 Å². The molecule has 2 fully saturated rings. The number of carbonyl (C=O) groups is 1. The number of nitrogens with zero attached hydrogens (tertiary/aromatic N) is 1. The molecular formula is C14H16ClFN2O. The number of rotatable bonds is 1. The van der Waals surface area contributed by atoms with Crippen LogP contribution < -0.4 is 5.32 Å². The second-order valence-corrected chi connectivity index (χ2v) is 5.68. The first-order valence-corrected chi connectivity index (χ1v) is 7.02. The van der Waals surface area contributed by atoms with E-state index in [1.165, 1.54) is 18.6 Å². The van der Waals surface area contributed by atoms with E-state index in [9.17, 15) is 9.18 Å². The van der Waals surface area contributed by atoms with E-state index >= 15 is 0 Å². The summed E-state index contributed by atoms with van der Waals surface area (Å²) < 4.78 is 13.8. The minimum absolute atomic E-state index is 0.00180. The van der Waals surface area contributed by atoms with Crippen LogP contribution in [0.3, 0.4) is 0 Å². The van der Waals surface area contributed by atoms with E-state index in [1.54, 1.807) is 11.0 Å². The number of nitrogens with one attached hydrogen (secondary N) is 1. The van der Waals surface area contributed by atoms with Gasteiger partial charge in [0.2, 0.25) is 0 Å². The molecule has 2 bridgehead atoms. The molecule has 2 saturated heterocycles. The van der Waals surface area contributed by atoms with Crippen molar-refractivity contribution in [2.24, 2.45) is 0 Å². The highest BCUT2D eigenvalue weighted by atomic mass is 35.5. The minimum Gasteiger partial charge on any atom is -0.337 e. The van der Waals surface area contributed by atoms with Gasteiger partial charge in [0, 0.05) is 25.2 Å². The predicted octanol–water partition coefficient (Wildman–Crippen LogP) is 2.45. The van der Waals surface area contributed by atoms with Gasteiger partial charge < -0.3 is 10.2 Å². The fraction of sp³-hybridized carbons (Fsp3) is 0.500. The SMILES string of the molecule is O=C(c1c(F)cccc1Cl)N1CCC2CCC(C1)N2. The summed E-state index contributed by atoms with van der Waals surface area (Å²) in [6.45, 7) is 1.30. The molecule has 2 aliphatic rings. The molecule has 5 heteroatoms. The highest BCUT2D eigenvalue weighted by molar-refractivity contribution is 6.33. The maximum atomic E-state index is 13.8. The van der Waals surface area contributed by atoms with Crippen LogP contribution in [0, 0.1) is 5.82 Å². The Kier molecular flexibility index (Phi) is 3.46. The molecule has 0 spiro atoms. The molecule has 1 aromatic rings. The van der Waals surface area contributed by atoms with Crippen molar-refractivity contribution >= 4 is 17.5 Å². The van der Waals surface area contributed by atoms with Crippen molar-refractivity contribution in [2.45, 2.75) is 31.3 Å². The monoisotopic (exact) mass is 282 g/mol. The van der Waals surface area contributed by atoms with E-state index in [4.69, 9.17) is 11.6 Å². The van der Waals surface area contributed by atoms with Gasteiger partial charge in [-0.2, -0.15) is 0 Å². The third-order valence-electron chi connectivity index (χ3n) is 3.99. The van der Waals surface area contributed by atoms with Crippen molar-refractivity contribution in [1.82, 2.24) is 10.2 Å². The summed E-state index contributed by atoms with van der Waals surface area (Å²) in [5, 5.41) is 3.69. The molecule has 2 unspecified atom stereocenters. The Hall–Kier alpha value is -1.13. The lowest BCUT2D eigenvalue weighted by atomic mass is 10.1. The molecule has 3 nitrogen and oxygen atoms in total. The molecule has 0 aliphatic carbocycles. The lowest BCUT2D eigenvalue weighted by Crippen LogP contribution is -2.39. The minimum atomic E-state index is -0.542. The van der Waals surface area contributed by atoms with E-state index in [1.807, 2.05) is 0 Å². The van der Waals surface area contributed by atoms with Crippen molar-refractivity contribution in [3.8, 4) is 0 Å². The maximum Gasteiger partial charge on any atom is 0.258 e. The lowest BCUT2D eigenvalue weighted by molar-refractivity contribution is 0.0743. The molecule has 19 heavy (non-hydrogen) atoms. The molecule has 102 valence electrons. The van der Waals surface area contributed by atoms with Gasteiger partial charge in [0.15, 0.2) is 0 Å². The van der Waals surface area contributed by atoms with Crippen molar-refractivity contribution in [2.75, 3.05) is 13.1 Å². The number of amides is 1. The number of halogens is 2. The second-order valence-electron chi connectivity index (χ2n) is 5.27. The maximum absolute atomic E-state index is 13.8. The molecule has 2 heterocycles. The van der Waals surface area contributed by atoms with Gasteiger partial charge in [0.1, 0.15) is 5.82 Å². The summed E-state index contributed by atoms with van der Waals surface area (Å²) in [5.74, 6) is -0.836. The highest BCUT2D eigenvalue weighted by Crippen LogP contribution is 2.25. The largest absolute Gasteiger partial charge is 0.337 e. The molecule has 1 aromatic carbocycles. The fourth-order valence-electron chi connectivity index (χ4n) is 2.99. The number of likely N-dealkylation sites (tertiary alicyclic amines) is 1. The van der Waals surface area contributed by atoms with Crippen LogP contribution in [0.25, 0.3) is 0 Å². The summed E-state index contributed by atoms with van der Waals surface area (Å²) in [6, 6.07) is 5.18. The van der Waals surface area contributed by atoms with Gasteiger partial charge in [-0.25, -0.2) is 4.39 Å². The topological polar surface area (TPSA) is 32.3 Å². The van der Waals surface area contributed by atoms with E-state index in [0.29, 0.717) is 25.2 Å². The smallest absolute Gasteiger partial charge is 0.258 e. The van der Waals surface area contributed by atoms with Crippen molar-refractivity contribution in [1.29, 1.82) is 0 Å². The molecule has 2 aliphatic heterocycles. The van der Waals surface area contributed by atoms with Crippen molar-refractivity contribution < 1.29 is 9.18 Å². The lowest BCUT2D eigenvalue weighted by Gasteiger charge is -2.24. The number of benzene rings is 1. The first kappa shape index (κ1) is 12.9. The Balaban J connectivity index is 1.84. The number of hydrogen-bond donors (Lipinski definition) is 1. The Morgan fingerprint density at radius 1 is 1.32 bits per heavy atom. The number of hydrogen-bond acceptors (Lipinski definition) is 2. The summed E-state index contributed by atoms with van der Waals surface area (Å²) in [4.78, 5) is 14.2. The molecule has 0 aromatic heterocycles. The van der Waals surface area contributed by atoms with Crippen LogP contribution in [0.4, 0.5) is 4.39 Å². The van der Waals surface area contributed by atoms with Gasteiger partial charge in [-0.15, -0.1) is 0 Å². The zero-order valence-corrected chi connectivity index (χ0v) is 11.3. The van der Waals surface area contributed by atoms with E-state index in [0.717, 1.165) is 12.8 Å². The van der Waals surface area contributed by atoms with Crippen LogP contribution in [0.1, 0.15) is 29.6 Å². The van der Waals surface area contributed by atoms with Crippen LogP contribution in [0.2, 0.25) is 5.02 Å². The van der Waals surface area contributed by atoms with Gasteiger partial charge in [-0.3, -0.25) is 4.79 Å². The van der Waals surface area contributed by atoms with Crippen LogP contribution in [0.5, 0.6) is 0 Å². The summed E-state index contributed by atoms with van der Waals surface area (Å²) >= 11 is 5.96. The summed E-state index contributed by atoms with van der Waals surface area (Å²) in [5.41, 5.74) is 0.00180. The first-order valence-electron chi connectivity index (χ1n) is 6.64. The first-order chi connectivity index (χ1) is 9.15. The van der Waals surface area contributed by atoms with E-state index in [2.05, 4.69) is 5.32 Å².